The van der Waals surface area contributed by atoms with E-state index >= 15 is 0 Å². The normalized spacial score (nSPS) is 9.27. The Morgan fingerprint density at radius 2 is 1.64 bits per heavy atom. The van der Waals surface area contributed by atoms with Gasteiger partial charge in [-0.1, -0.05) is 0 Å². The van der Waals surface area contributed by atoms with Crippen LogP contribution in [0.1, 0.15) is 0 Å². The van der Waals surface area contributed by atoms with Crippen LogP contribution in [0.25, 0.3) is 0 Å². The summed E-state index contributed by atoms with van der Waals surface area (Å²) in [7, 11) is 3.07. The van der Waals surface area contributed by atoms with E-state index in [0.29, 0.717) is 17.2 Å². The molecule has 0 aliphatic heterocycles. The summed E-state index contributed by atoms with van der Waals surface area (Å²) >= 11 is 0. The number of rotatable bonds is 2. The van der Waals surface area contributed by atoms with E-state index in [0.717, 1.165) is 0 Å². The highest BCUT2D eigenvalue weighted by Crippen LogP contribution is 2.28. The Morgan fingerprint density at radius 1 is 1.18 bits per heavy atom. The summed E-state index contributed by atoms with van der Waals surface area (Å²) in [5.41, 5.74) is 6.09. The van der Waals surface area contributed by atoms with Gasteiger partial charge in [0.25, 0.3) is 0 Å². The second kappa shape index (κ2) is 3.09. The molecule has 0 atom stereocenters. The molecule has 0 radical (unpaired) electrons. The molecular formula is C7H10N2O2. The zero-order valence-corrected chi connectivity index (χ0v) is 6.50. The zero-order chi connectivity index (χ0) is 8.27. The lowest BCUT2D eigenvalue weighted by molar-refractivity contribution is 0.395. The number of hydrogen-bond donors (Lipinski definition) is 1. The molecule has 4 nitrogen and oxygen atoms in total. The fourth-order valence-electron chi connectivity index (χ4n) is 0.758. The van der Waals surface area contributed by atoms with Crippen LogP contribution >= 0.6 is 0 Å². The van der Waals surface area contributed by atoms with Crippen LogP contribution in [0.4, 0.5) is 5.69 Å². The van der Waals surface area contributed by atoms with Gasteiger partial charge in [0.05, 0.1) is 26.6 Å². The Bertz CT molecular complexity index is 228. The SMILES string of the molecule is COc1cncc(OC)c1N. The molecule has 4 heteroatoms. The topological polar surface area (TPSA) is 57.4 Å². The Hall–Kier alpha value is -1.45. The summed E-state index contributed by atoms with van der Waals surface area (Å²) < 4.78 is 9.84. The molecule has 1 aromatic heterocycles. The monoisotopic (exact) mass is 154 g/mol. The number of nitrogen functional groups attached to an aromatic ring is 1. The molecule has 0 aliphatic rings. The van der Waals surface area contributed by atoms with Gasteiger partial charge in [-0.2, -0.15) is 0 Å². The van der Waals surface area contributed by atoms with Crippen LogP contribution in [-0.4, -0.2) is 19.2 Å². The van der Waals surface area contributed by atoms with E-state index in [9.17, 15) is 0 Å². The lowest BCUT2D eigenvalue weighted by Gasteiger charge is -2.06. The van der Waals surface area contributed by atoms with E-state index in [-0.39, 0.29) is 0 Å². The summed E-state index contributed by atoms with van der Waals surface area (Å²) in [5, 5.41) is 0. The summed E-state index contributed by atoms with van der Waals surface area (Å²) in [6, 6.07) is 0. The van der Waals surface area contributed by atoms with E-state index in [1.165, 1.54) is 26.6 Å². The van der Waals surface area contributed by atoms with E-state index in [2.05, 4.69) is 4.98 Å². The van der Waals surface area contributed by atoms with Crippen LogP contribution < -0.4 is 15.2 Å². The van der Waals surface area contributed by atoms with Crippen molar-refractivity contribution >= 4 is 5.69 Å². The predicted octanol–water partition coefficient (Wildman–Crippen LogP) is 0.681. The standard InChI is InChI=1S/C7H10N2O2/c1-10-5-3-9-4-6(11-2)7(5)8/h3-4H,1-2H3,(H2,8,9). The highest BCUT2D eigenvalue weighted by molar-refractivity contribution is 5.60. The molecule has 60 valence electrons. The second-order valence-electron chi connectivity index (χ2n) is 1.96. The van der Waals surface area contributed by atoms with Gasteiger partial charge in [0, 0.05) is 0 Å². The summed E-state index contributed by atoms with van der Waals surface area (Å²) in [6.45, 7) is 0. The highest BCUT2D eigenvalue weighted by Gasteiger charge is 2.04. The molecule has 1 aromatic rings. The minimum absolute atomic E-state index is 0.477. The van der Waals surface area contributed by atoms with Crippen molar-refractivity contribution in [2.75, 3.05) is 20.0 Å². The number of methoxy groups -OCH3 is 2. The minimum atomic E-state index is 0.477. The first-order valence-corrected chi connectivity index (χ1v) is 3.11. The number of nitrogens with two attached hydrogens (primary N) is 1. The average molecular weight is 154 g/mol. The van der Waals surface area contributed by atoms with E-state index < -0.39 is 0 Å². The smallest absolute Gasteiger partial charge is 0.163 e. The summed E-state index contributed by atoms with van der Waals surface area (Å²) in [5.74, 6) is 1.06. The number of nitrogens with zero attached hydrogens (tertiary/aromatic N) is 1. The average Bonchev–Trinajstić information content (AvgIpc) is 2.05. The molecule has 0 saturated carbocycles. The van der Waals surface area contributed by atoms with Crippen molar-refractivity contribution < 1.29 is 9.47 Å². The van der Waals surface area contributed by atoms with Crippen LogP contribution in [0.3, 0.4) is 0 Å². The molecule has 0 bridgehead atoms. The number of ether oxygens (including phenoxy) is 2. The maximum atomic E-state index is 5.61. The van der Waals surface area contributed by atoms with Gasteiger partial charge in [-0.25, -0.2) is 0 Å². The molecule has 1 heterocycles. The molecule has 1 rings (SSSR count). The van der Waals surface area contributed by atoms with Crippen molar-refractivity contribution in [2.45, 2.75) is 0 Å². The lowest BCUT2D eigenvalue weighted by atomic mass is 10.3. The van der Waals surface area contributed by atoms with Gasteiger partial charge in [0.2, 0.25) is 0 Å². The number of hydrogen-bond acceptors (Lipinski definition) is 4. The second-order valence-corrected chi connectivity index (χ2v) is 1.96. The lowest BCUT2D eigenvalue weighted by Crippen LogP contribution is -1.96. The molecule has 0 amide bonds. The Morgan fingerprint density at radius 3 is 2.00 bits per heavy atom. The van der Waals surface area contributed by atoms with Gasteiger partial charge in [0.15, 0.2) is 11.5 Å². The number of pyridine rings is 1. The summed E-state index contributed by atoms with van der Waals surface area (Å²) in [6.07, 6.45) is 3.08. The highest BCUT2D eigenvalue weighted by atomic mass is 16.5. The van der Waals surface area contributed by atoms with Gasteiger partial charge in [0.1, 0.15) is 5.69 Å². The van der Waals surface area contributed by atoms with Crippen LogP contribution in [-0.2, 0) is 0 Å². The minimum Gasteiger partial charge on any atom is -0.493 e. The fourth-order valence-corrected chi connectivity index (χ4v) is 0.758. The molecule has 0 spiro atoms. The van der Waals surface area contributed by atoms with Crippen molar-refractivity contribution in [2.24, 2.45) is 0 Å². The third-order valence-electron chi connectivity index (χ3n) is 1.35. The third kappa shape index (κ3) is 1.34. The molecule has 0 unspecified atom stereocenters. The molecule has 0 aromatic carbocycles. The largest absolute Gasteiger partial charge is 0.493 e. The quantitative estimate of drug-likeness (QED) is 0.680. The first-order chi connectivity index (χ1) is 5.29. The molecule has 0 aliphatic carbocycles. The molecular weight excluding hydrogens is 144 g/mol. The van der Waals surface area contributed by atoms with Gasteiger partial charge < -0.3 is 15.2 Å². The Kier molecular flexibility index (Phi) is 2.15. The van der Waals surface area contributed by atoms with Crippen LogP contribution in [0.15, 0.2) is 12.4 Å². The molecule has 11 heavy (non-hydrogen) atoms. The fraction of sp³-hybridized carbons (Fsp3) is 0.286. The van der Waals surface area contributed by atoms with E-state index in [4.69, 9.17) is 15.2 Å². The van der Waals surface area contributed by atoms with Crippen LogP contribution in [0.2, 0.25) is 0 Å². The van der Waals surface area contributed by atoms with Crippen molar-refractivity contribution in [3.8, 4) is 11.5 Å². The Labute approximate surface area is 64.9 Å². The van der Waals surface area contributed by atoms with Gasteiger partial charge in [-0.3, -0.25) is 4.98 Å². The molecule has 2 N–H and O–H groups in total. The zero-order valence-electron chi connectivity index (χ0n) is 6.50. The Balaban J connectivity index is 3.10. The van der Waals surface area contributed by atoms with E-state index in [1.54, 1.807) is 0 Å². The van der Waals surface area contributed by atoms with Crippen LogP contribution in [0.5, 0.6) is 11.5 Å². The van der Waals surface area contributed by atoms with Gasteiger partial charge in [-0.05, 0) is 0 Å². The molecule has 0 saturated heterocycles. The van der Waals surface area contributed by atoms with Gasteiger partial charge >= 0.3 is 0 Å². The third-order valence-corrected chi connectivity index (χ3v) is 1.35. The van der Waals surface area contributed by atoms with Crippen LogP contribution in [0, 0.1) is 0 Å². The maximum Gasteiger partial charge on any atom is 0.163 e. The molecule has 0 fully saturated rings. The first kappa shape index (κ1) is 7.65. The van der Waals surface area contributed by atoms with E-state index in [1.807, 2.05) is 0 Å². The first-order valence-electron chi connectivity index (χ1n) is 3.11. The van der Waals surface area contributed by atoms with Crippen molar-refractivity contribution in [3.63, 3.8) is 0 Å². The number of anilines is 1. The predicted molar refractivity (Wildman–Crippen MR) is 41.8 cm³/mol. The summed E-state index contributed by atoms with van der Waals surface area (Å²) in [4.78, 5) is 3.86. The van der Waals surface area contributed by atoms with Gasteiger partial charge in [-0.15, -0.1) is 0 Å². The van der Waals surface area contributed by atoms with Crippen molar-refractivity contribution in [1.82, 2.24) is 4.98 Å². The van der Waals surface area contributed by atoms with Crippen molar-refractivity contribution in [1.29, 1.82) is 0 Å². The number of aromatic nitrogens is 1. The van der Waals surface area contributed by atoms with Crippen molar-refractivity contribution in [3.05, 3.63) is 12.4 Å². The maximum absolute atomic E-state index is 5.61.